The number of hydrogen-bond donors (Lipinski definition) is 2. The normalized spacial score (nSPS) is 27.4. The van der Waals surface area contributed by atoms with Crippen molar-refractivity contribution in [3.8, 4) is 0 Å². The Hall–Kier alpha value is -1.30. The van der Waals surface area contributed by atoms with Gasteiger partial charge in [0.05, 0.1) is 6.42 Å². The van der Waals surface area contributed by atoms with Gasteiger partial charge in [0.1, 0.15) is 0 Å². The number of carboxylic acid groups (broad SMARTS) is 1. The number of aliphatic carboxylic acids is 1. The number of nitrogens with one attached hydrogen (secondary N) is 1. The molecule has 0 aromatic rings. The molecule has 0 aliphatic carbocycles. The molecule has 0 radical (unpaired) electrons. The van der Waals surface area contributed by atoms with Crippen molar-refractivity contribution in [3.05, 3.63) is 0 Å². The first-order valence-electron chi connectivity index (χ1n) is 8.04. The van der Waals surface area contributed by atoms with E-state index in [4.69, 9.17) is 5.11 Å². The van der Waals surface area contributed by atoms with Gasteiger partial charge in [-0.05, 0) is 45.7 Å². The Morgan fingerprint density at radius 1 is 1.10 bits per heavy atom. The SMILES string of the molecule is CN1CCCCC1CNC(=O)N1CCCCC1CC(=O)O. The minimum Gasteiger partial charge on any atom is -0.481 e. The van der Waals surface area contributed by atoms with Crippen LogP contribution in [-0.4, -0.2) is 65.7 Å². The number of nitrogens with zero attached hydrogens (tertiary/aromatic N) is 2. The first-order chi connectivity index (χ1) is 10.1. The first-order valence-corrected chi connectivity index (χ1v) is 8.04. The molecule has 2 unspecified atom stereocenters. The summed E-state index contributed by atoms with van der Waals surface area (Å²) in [6.07, 6.45) is 6.39. The van der Waals surface area contributed by atoms with Crippen molar-refractivity contribution in [3.63, 3.8) is 0 Å². The molecule has 0 aromatic heterocycles. The standard InChI is InChI=1S/C15H27N3O3/c1-17-8-4-2-7-13(17)11-16-15(21)18-9-5-3-6-12(18)10-14(19)20/h12-13H,2-11H2,1H3,(H,16,21)(H,19,20). The maximum absolute atomic E-state index is 12.3. The zero-order chi connectivity index (χ0) is 15.2. The molecular weight excluding hydrogens is 270 g/mol. The zero-order valence-electron chi connectivity index (χ0n) is 12.9. The number of carboxylic acids is 1. The van der Waals surface area contributed by atoms with Crippen molar-refractivity contribution >= 4 is 12.0 Å². The molecule has 21 heavy (non-hydrogen) atoms. The van der Waals surface area contributed by atoms with Crippen molar-refractivity contribution in [2.45, 2.75) is 57.0 Å². The second-order valence-electron chi connectivity index (χ2n) is 6.26. The Bertz CT molecular complexity index is 375. The third-order valence-corrected chi connectivity index (χ3v) is 4.71. The number of carbonyl (C=O) groups is 2. The van der Waals surface area contributed by atoms with Gasteiger partial charge in [-0.1, -0.05) is 6.42 Å². The number of hydrogen-bond acceptors (Lipinski definition) is 3. The second kappa shape index (κ2) is 7.64. The van der Waals surface area contributed by atoms with Crippen LogP contribution in [-0.2, 0) is 4.79 Å². The molecule has 2 atom stereocenters. The number of likely N-dealkylation sites (tertiary alicyclic amines) is 2. The van der Waals surface area contributed by atoms with Crippen molar-refractivity contribution in [1.82, 2.24) is 15.1 Å². The quantitative estimate of drug-likeness (QED) is 0.825. The molecule has 2 fully saturated rings. The van der Waals surface area contributed by atoms with Crippen LogP contribution in [0, 0.1) is 0 Å². The van der Waals surface area contributed by atoms with Crippen LogP contribution in [0.25, 0.3) is 0 Å². The van der Waals surface area contributed by atoms with Gasteiger partial charge in [0.25, 0.3) is 0 Å². The largest absolute Gasteiger partial charge is 0.481 e. The Labute approximate surface area is 126 Å². The molecular formula is C15H27N3O3. The van der Waals surface area contributed by atoms with E-state index in [1.807, 2.05) is 0 Å². The van der Waals surface area contributed by atoms with Gasteiger partial charge in [-0.2, -0.15) is 0 Å². The zero-order valence-corrected chi connectivity index (χ0v) is 12.9. The molecule has 2 aliphatic rings. The summed E-state index contributed by atoms with van der Waals surface area (Å²) < 4.78 is 0. The molecule has 0 spiro atoms. The number of carbonyl (C=O) groups excluding carboxylic acids is 1. The van der Waals surface area contributed by atoms with Crippen molar-refractivity contribution < 1.29 is 14.7 Å². The molecule has 6 heteroatoms. The van der Waals surface area contributed by atoms with E-state index in [0.717, 1.165) is 32.2 Å². The van der Waals surface area contributed by atoms with Crippen LogP contribution in [0.1, 0.15) is 44.9 Å². The molecule has 0 saturated carbocycles. The lowest BCUT2D eigenvalue weighted by Gasteiger charge is -2.37. The topological polar surface area (TPSA) is 72.9 Å². The summed E-state index contributed by atoms with van der Waals surface area (Å²) in [5.74, 6) is -0.827. The summed E-state index contributed by atoms with van der Waals surface area (Å²) in [6, 6.07) is 0.158. The van der Waals surface area contributed by atoms with E-state index in [9.17, 15) is 9.59 Å². The molecule has 2 saturated heterocycles. The van der Waals surface area contributed by atoms with Gasteiger partial charge in [-0.3, -0.25) is 4.79 Å². The van der Waals surface area contributed by atoms with Crippen molar-refractivity contribution in [1.29, 1.82) is 0 Å². The summed E-state index contributed by atoms with van der Waals surface area (Å²) in [4.78, 5) is 27.3. The number of likely N-dealkylation sites (N-methyl/N-ethyl adjacent to an activating group) is 1. The van der Waals surface area contributed by atoms with E-state index < -0.39 is 5.97 Å². The smallest absolute Gasteiger partial charge is 0.317 e. The van der Waals surface area contributed by atoms with Gasteiger partial charge in [0.2, 0.25) is 0 Å². The number of amides is 2. The highest BCUT2D eigenvalue weighted by molar-refractivity contribution is 5.76. The predicted octanol–water partition coefficient (Wildman–Crippen LogP) is 1.51. The molecule has 2 rings (SSSR count). The van der Waals surface area contributed by atoms with Crippen molar-refractivity contribution in [2.75, 3.05) is 26.7 Å². The van der Waals surface area contributed by atoms with E-state index in [1.165, 1.54) is 12.8 Å². The van der Waals surface area contributed by atoms with Gasteiger partial charge >= 0.3 is 12.0 Å². The number of urea groups is 1. The molecule has 2 heterocycles. The third-order valence-electron chi connectivity index (χ3n) is 4.71. The third kappa shape index (κ3) is 4.59. The molecule has 0 aromatic carbocycles. The van der Waals surface area contributed by atoms with Crippen molar-refractivity contribution in [2.24, 2.45) is 0 Å². The van der Waals surface area contributed by atoms with Gasteiger partial charge in [0.15, 0.2) is 0 Å². The highest BCUT2D eigenvalue weighted by atomic mass is 16.4. The van der Waals surface area contributed by atoms with E-state index >= 15 is 0 Å². The monoisotopic (exact) mass is 297 g/mol. The second-order valence-corrected chi connectivity index (χ2v) is 6.26. The van der Waals surface area contributed by atoms with Crippen LogP contribution in [0.5, 0.6) is 0 Å². The Kier molecular flexibility index (Phi) is 5.85. The van der Waals surface area contributed by atoms with Crippen LogP contribution in [0.15, 0.2) is 0 Å². The maximum Gasteiger partial charge on any atom is 0.317 e. The van der Waals surface area contributed by atoms with Crippen LogP contribution in [0.2, 0.25) is 0 Å². The summed E-state index contributed by atoms with van der Waals surface area (Å²) >= 11 is 0. The Morgan fingerprint density at radius 3 is 2.43 bits per heavy atom. The van der Waals surface area contributed by atoms with E-state index in [1.54, 1.807) is 4.90 Å². The van der Waals surface area contributed by atoms with Gasteiger partial charge in [-0.25, -0.2) is 4.79 Å². The van der Waals surface area contributed by atoms with E-state index in [-0.39, 0.29) is 18.5 Å². The lowest BCUT2D eigenvalue weighted by Crippen LogP contribution is -2.52. The van der Waals surface area contributed by atoms with E-state index in [2.05, 4.69) is 17.3 Å². The van der Waals surface area contributed by atoms with Crippen LogP contribution in [0.4, 0.5) is 4.79 Å². The Balaban J connectivity index is 1.83. The first kappa shape index (κ1) is 16.1. The predicted molar refractivity (Wildman–Crippen MR) is 80.3 cm³/mol. The van der Waals surface area contributed by atoms with E-state index in [0.29, 0.717) is 19.1 Å². The average molecular weight is 297 g/mol. The number of piperidine rings is 2. The fourth-order valence-corrected chi connectivity index (χ4v) is 3.39. The fourth-order valence-electron chi connectivity index (χ4n) is 3.39. The Morgan fingerprint density at radius 2 is 1.76 bits per heavy atom. The lowest BCUT2D eigenvalue weighted by molar-refractivity contribution is -0.138. The highest BCUT2D eigenvalue weighted by Gasteiger charge is 2.29. The summed E-state index contributed by atoms with van der Waals surface area (Å²) in [5, 5.41) is 12.0. The summed E-state index contributed by atoms with van der Waals surface area (Å²) in [7, 11) is 2.10. The van der Waals surface area contributed by atoms with Crippen LogP contribution >= 0.6 is 0 Å². The summed E-state index contributed by atoms with van der Waals surface area (Å²) in [6.45, 7) is 2.42. The number of rotatable bonds is 4. The summed E-state index contributed by atoms with van der Waals surface area (Å²) in [5.41, 5.74) is 0. The molecule has 2 amide bonds. The molecule has 0 bridgehead atoms. The molecule has 2 N–H and O–H groups in total. The average Bonchev–Trinajstić information content (AvgIpc) is 2.46. The van der Waals surface area contributed by atoms with Gasteiger partial charge in [0, 0.05) is 25.2 Å². The maximum atomic E-state index is 12.3. The minimum atomic E-state index is -0.827. The minimum absolute atomic E-state index is 0.0523. The van der Waals surface area contributed by atoms with Gasteiger partial charge < -0.3 is 20.2 Å². The fraction of sp³-hybridized carbons (Fsp3) is 0.867. The van der Waals surface area contributed by atoms with Crippen LogP contribution in [0.3, 0.4) is 0 Å². The highest BCUT2D eigenvalue weighted by Crippen LogP contribution is 2.20. The molecule has 6 nitrogen and oxygen atoms in total. The lowest BCUT2D eigenvalue weighted by atomic mass is 10.00. The van der Waals surface area contributed by atoms with Crippen LogP contribution < -0.4 is 5.32 Å². The van der Waals surface area contributed by atoms with Gasteiger partial charge in [-0.15, -0.1) is 0 Å². The molecule has 120 valence electrons. The molecule has 2 aliphatic heterocycles.